The van der Waals surface area contributed by atoms with Crippen molar-refractivity contribution in [2.24, 2.45) is 5.73 Å². The van der Waals surface area contributed by atoms with Gasteiger partial charge in [0.15, 0.2) is 0 Å². The van der Waals surface area contributed by atoms with Gasteiger partial charge < -0.3 is 10.5 Å². The first-order chi connectivity index (χ1) is 6.70. The smallest absolute Gasteiger partial charge is 0.125 e. The lowest BCUT2D eigenvalue weighted by molar-refractivity contribution is 0.285. The molecule has 0 bridgehead atoms. The molecule has 0 unspecified atom stereocenters. The Hall–Kier alpha value is -1.02. The summed E-state index contributed by atoms with van der Waals surface area (Å²) in [7, 11) is 0. The van der Waals surface area contributed by atoms with Crippen LogP contribution >= 0.6 is 0 Å². The summed E-state index contributed by atoms with van der Waals surface area (Å²) in [6.45, 7) is 4.96. The lowest BCUT2D eigenvalue weighted by Crippen LogP contribution is -2.15. The van der Waals surface area contributed by atoms with Gasteiger partial charge in [-0.3, -0.25) is 0 Å². The Balaban J connectivity index is 2.53. The molecule has 0 aliphatic carbocycles. The molecule has 76 valence electrons. The second kappa shape index (κ2) is 3.62. The molecule has 0 spiro atoms. The molecule has 0 amide bonds. The van der Waals surface area contributed by atoms with Gasteiger partial charge in [0.25, 0.3) is 0 Å². The van der Waals surface area contributed by atoms with Gasteiger partial charge >= 0.3 is 0 Å². The highest BCUT2D eigenvalue weighted by molar-refractivity contribution is 5.48. The van der Waals surface area contributed by atoms with E-state index in [1.54, 1.807) is 0 Å². The monoisotopic (exact) mass is 191 g/mol. The molecular weight excluding hydrogens is 174 g/mol. The predicted octanol–water partition coefficient (Wildman–Crippen LogP) is 2.34. The summed E-state index contributed by atoms with van der Waals surface area (Å²) in [5, 5.41) is 0. The Labute approximate surface area is 85.1 Å². The topological polar surface area (TPSA) is 35.2 Å². The maximum Gasteiger partial charge on any atom is 0.125 e. The van der Waals surface area contributed by atoms with Crippen molar-refractivity contribution in [2.75, 3.05) is 6.61 Å². The van der Waals surface area contributed by atoms with Crippen molar-refractivity contribution < 1.29 is 4.74 Å². The minimum Gasteiger partial charge on any atom is -0.493 e. The zero-order valence-electron chi connectivity index (χ0n) is 8.84. The third-order valence-electron chi connectivity index (χ3n) is 2.80. The van der Waals surface area contributed by atoms with E-state index in [0.717, 1.165) is 25.2 Å². The summed E-state index contributed by atoms with van der Waals surface area (Å²) >= 11 is 0. The van der Waals surface area contributed by atoms with E-state index in [1.165, 1.54) is 16.7 Å². The van der Waals surface area contributed by atoms with Crippen LogP contribution in [0, 0.1) is 6.92 Å². The minimum atomic E-state index is 0.103. The number of benzene rings is 1. The summed E-state index contributed by atoms with van der Waals surface area (Å²) in [6.07, 6.45) is 2.21. The van der Waals surface area contributed by atoms with Crippen molar-refractivity contribution in [2.45, 2.75) is 32.7 Å². The van der Waals surface area contributed by atoms with Crippen LogP contribution < -0.4 is 10.5 Å². The molecule has 2 heteroatoms. The molecule has 1 atom stereocenters. The molecular formula is C12H17NO. The number of aryl methyl sites for hydroxylation is 1. The molecule has 1 aliphatic heterocycles. The van der Waals surface area contributed by atoms with E-state index in [0.29, 0.717) is 0 Å². The Morgan fingerprint density at radius 1 is 1.43 bits per heavy atom. The van der Waals surface area contributed by atoms with E-state index in [-0.39, 0.29) is 6.04 Å². The number of ether oxygens (including phenoxy) is 1. The van der Waals surface area contributed by atoms with Crippen molar-refractivity contribution >= 4 is 0 Å². The molecule has 2 rings (SSSR count). The van der Waals surface area contributed by atoms with Crippen LogP contribution in [0.3, 0.4) is 0 Å². The quantitative estimate of drug-likeness (QED) is 0.739. The molecule has 0 saturated carbocycles. The molecule has 2 nitrogen and oxygen atoms in total. The average molecular weight is 191 g/mol. The van der Waals surface area contributed by atoms with Gasteiger partial charge in [-0.1, -0.05) is 12.1 Å². The van der Waals surface area contributed by atoms with Gasteiger partial charge in [-0.05, 0) is 43.4 Å². The Bertz CT molecular complexity index is 344. The molecule has 1 aromatic rings. The third-order valence-corrected chi connectivity index (χ3v) is 2.80. The van der Waals surface area contributed by atoms with Gasteiger partial charge in [-0.15, -0.1) is 0 Å². The van der Waals surface area contributed by atoms with E-state index in [4.69, 9.17) is 10.5 Å². The van der Waals surface area contributed by atoms with Gasteiger partial charge in [0.1, 0.15) is 5.75 Å². The second-order valence-electron chi connectivity index (χ2n) is 4.02. The fourth-order valence-corrected chi connectivity index (χ4v) is 2.07. The van der Waals surface area contributed by atoms with E-state index in [9.17, 15) is 0 Å². The maximum absolute atomic E-state index is 5.93. The predicted molar refractivity (Wildman–Crippen MR) is 57.6 cm³/mol. The van der Waals surface area contributed by atoms with Gasteiger partial charge in [-0.25, -0.2) is 0 Å². The van der Waals surface area contributed by atoms with Crippen molar-refractivity contribution in [3.8, 4) is 5.75 Å². The van der Waals surface area contributed by atoms with E-state index in [2.05, 4.69) is 19.1 Å². The molecule has 14 heavy (non-hydrogen) atoms. The highest BCUT2D eigenvalue weighted by Crippen LogP contribution is 2.33. The van der Waals surface area contributed by atoms with E-state index in [1.807, 2.05) is 6.92 Å². The summed E-state index contributed by atoms with van der Waals surface area (Å²) < 4.78 is 5.69. The number of fused-ring (bicyclic) bond motifs is 1. The summed E-state index contributed by atoms with van der Waals surface area (Å²) in [4.78, 5) is 0. The van der Waals surface area contributed by atoms with Crippen molar-refractivity contribution in [1.29, 1.82) is 0 Å². The molecule has 0 saturated heterocycles. The number of rotatable bonds is 1. The maximum atomic E-state index is 5.93. The van der Waals surface area contributed by atoms with E-state index < -0.39 is 0 Å². The standard InChI is InChI=1S/C12H17NO/c1-8-5-6-10(9(2)13)11-4-3-7-14-12(8)11/h5-6,9H,3-4,7,13H2,1-2H3/t9-/m1/s1. The van der Waals surface area contributed by atoms with Crippen LogP contribution in [0.1, 0.15) is 36.1 Å². The number of hydrogen-bond acceptors (Lipinski definition) is 2. The van der Waals surface area contributed by atoms with Crippen LogP contribution in [0.4, 0.5) is 0 Å². The van der Waals surface area contributed by atoms with Gasteiger partial charge in [0.2, 0.25) is 0 Å². The van der Waals surface area contributed by atoms with Crippen LogP contribution in [0.2, 0.25) is 0 Å². The van der Waals surface area contributed by atoms with Crippen LogP contribution in [-0.4, -0.2) is 6.61 Å². The zero-order valence-corrected chi connectivity index (χ0v) is 8.84. The van der Waals surface area contributed by atoms with Crippen LogP contribution in [0.15, 0.2) is 12.1 Å². The first-order valence-corrected chi connectivity index (χ1v) is 5.21. The van der Waals surface area contributed by atoms with Crippen molar-refractivity contribution in [3.63, 3.8) is 0 Å². The van der Waals surface area contributed by atoms with Crippen molar-refractivity contribution in [1.82, 2.24) is 0 Å². The zero-order chi connectivity index (χ0) is 10.1. The number of hydrogen-bond donors (Lipinski definition) is 1. The van der Waals surface area contributed by atoms with Gasteiger partial charge in [0, 0.05) is 6.04 Å². The van der Waals surface area contributed by atoms with E-state index >= 15 is 0 Å². The van der Waals surface area contributed by atoms with Crippen LogP contribution in [-0.2, 0) is 6.42 Å². The summed E-state index contributed by atoms with van der Waals surface area (Å²) in [6, 6.07) is 4.34. The third kappa shape index (κ3) is 1.50. The summed E-state index contributed by atoms with van der Waals surface area (Å²) in [5.41, 5.74) is 9.72. The highest BCUT2D eigenvalue weighted by Gasteiger charge is 2.17. The fraction of sp³-hybridized carbons (Fsp3) is 0.500. The first-order valence-electron chi connectivity index (χ1n) is 5.21. The van der Waals surface area contributed by atoms with Crippen molar-refractivity contribution in [3.05, 3.63) is 28.8 Å². The largest absolute Gasteiger partial charge is 0.493 e. The van der Waals surface area contributed by atoms with Gasteiger partial charge in [0.05, 0.1) is 6.61 Å². The fourth-order valence-electron chi connectivity index (χ4n) is 2.07. The average Bonchev–Trinajstić information content (AvgIpc) is 2.18. The molecule has 1 heterocycles. The molecule has 0 fully saturated rings. The number of nitrogens with two attached hydrogens (primary N) is 1. The SMILES string of the molecule is Cc1ccc([C@@H](C)N)c2c1OCCC2. The Morgan fingerprint density at radius 3 is 2.93 bits per heavy atom. The molecule has 1 aliphatic rings. The molecule has 2 N–H and O–H groups in total. The highest BCUT2D eigenvalue weighted by atomic mass is 16.5. The molecule has 0 aromatic heterocycles. The molecule has 1 aromatic carbocycles. The first kappa shape index (κ1) is 9.53. The second-order valence-corrected chi connectivity index (χ2v) is 4.02. The summed E-state index contributed by atoms with van der Waals surface area (Å²) in [5.74, 6) is 1.08. The normalized spacial score (nSPS) is 17.1. The Morgan fingerprint density at radius 2 is 2.21 bits per heavy atom. The lowest BCUT2D eigenvalue weighted by atomic mass is 9.94. The van der Waals surface area contributed by atoms with Crippen LogP contribution in [0.5, 0.6) is 5.75 Å². The lowest BCUT2D eigenvalue weighted by Gasteiger charge is -2.23. The van der Waals surface area contributed by atoms with Crippen LogP contribution in [0.25, 0.3) is 0 Å². The Kier molecular flexibility index (Phi) is 2.46. The minimum absolute atomic E-state index is 0.103. The van der Waals surface area contributed by atoms with Gasteiger partial charge in [-0.2, -0.15) is 0 Å². The molecule has 0 radical (unpaired) electrons.